The van der Waals surface area contributed by atoms with Crippen molar-refractivity contribution in [2.45, 2.75) is 12.2 Å². The van der Waals surface area contributed by atoms with E-state index >= 15 is 0 Å². The maximum absolute atomic E-state index is 12.9. The number of alkyl halides is 3. The minimum absolute atomic E-state index is 0.0824. The lowest BCUT2D eigenvalue weighted by atomic mass is 10.0. The van der Waals surface area contributed by atoms with Crippen molar-refractivity contribution in [2.75, 3.05) is 38.5 Å². The number of carbonyl (C=O) groups excluding carboxylic acids is 2. The molecule has 9 heteroatoms. The van der Waals surface area contributed by atoms with Crippen molar-refractivity contribution in [3.63, 3.8) is 0 Å². The summed E-state index contributed by atoms with van der Waals surface area (Å²) in [5.41, 5.74) is 1.58. The Kier molecular flexibility index (Phi) is 6.61. The fourth-order valence-corrected chi connectivity index (χ4v) is 3.31. The second-order valence-corrected chi connectivity index (χ2v) is 7.19. The molecule has 1 saturated heterocycles. The largest absolute Gasteiger partial charge is 0.405 e. The Hall–Kier alpha value is -3.07. The van der Waals surface area contributed by atoms with Crippen LogP contribution < -0.4 is 10.6 Å². The van der Waals surface area contributed by atoms with Crippen molar-refractivity contribution in [1.82, 2.24) is 15.1 Å². The number of nitrogens with one attached hydrogen (secondary N) is 2. The lowest BCUT2D eigenvalue weighted by molar-refractivity contribution is -0.123. The number of piperazine rings is 1. The molecule has 160 valence electrons. The van der Waals surface area contributed by atoms with Gasteiger partial charge in [0, 0.05) is 30.9 Å². The van der Waals surface area contributed by atoms with Crippen LogP contribution in [0.15, 0.2) is 54.6 Å². The predicted octanol–water partition coefficient (Wildman–Crippen LogP) is 3.50. The molecule has 0 radical (unpaired) electrons. The fraction of sp³-hybridized carbons (Fsp3) is 0.333. The third-order valence-corrected chi connectivity index (χ3v) is 4.88. The number of hydrogen-bond donors (Lipinski definition) is 2. The van der Waals surface area contributed by atoms with Crippen LogP contribution in [0.3, 0.4) is 0 Å². The first kappa shape index (κ1) is 21.6. The van der Waals surface area contributed by atoms with E-state index in [1.165, 1.54) is 24.3 Å². The lowest BCUT2D eigenvalue weighted by Crippen LogP contribution is -2.50. The number of anilines is 1. The molecule has 0 spiro atoms. The van der Waals surface area contributed by atoms with Crippen molar-refractivity contribution in [1.29, 1.82) is 0 Å². The van der Waals surface area contributed by atoms with Gasteiger partial charge in [-0.3, -0.25) is 4.79 Å². The second-order valence-electron chi connectivity index (χ2n) is 7.19. The van der Waals surface area contributed by atoms with E-state index in [0.29, 0.717) is 18.8 Å². The average molecular weight is 420 g/mol. The summed E-state index contributed by atoms with van der Waals surface area (Å²) < 4.78 is 36.7. The van der Waals surface area contributed by atoms with Gasteiger partial charge in [0.05, 0.1) is 6.04 Å². The summed E-state index contributed by atoms with van der Waals surface area (Å²) in [5.74, 6) is -0.826. The monoisotopic (exact) mass is 420 g/mol. The predicted molar refractivity (Wildman–Crippen MR) is 107 cm³/mol. The van der Waals surface area contributed by atoms with E-state index in [0.717, 1.165) is 12.1 Å². The summed E-state index contributed by atoms with van der Waals surface area (Å²) >= 11 is 0. The van der Waals surface area contributed by atoms with Gasteiger partial charge in [-0.25, -0.2) is 4.79 Å². The van der Waals surface area contributed by atoms with Gasteiger partial charge in [0.25, 0.3) is 5.91 Å². The van der Waals surface area contributed by atoms with Crippen molar-refractivity contribution in [2.24, 2.45) is 0 Å². The van der Waals surface area contributed by atoms with Gasteiger partial charge in [0.2, 0.25) is 0 Å². The first-order valence-corrected chi connectivity index (χ1v) is 9.49. The highest BCUT2D eigenvalue weighted by Gasteiger charge is 2.30. The first-order chi connectivity index (χ1) is 14.2. The Labute approximate surface area is 172 Å². The van der Waals surface area contributed by atoms with Crippen LogP contribution in [0.2, 0.25) is 0 Å². The van der Waals surface area contributed by atoms with Gasteiger partial charge in [0.15, 0.2) is 0 Å². The second kappa shape index (κ2) is 9.17. The standard InChI is InChI=1S/C21H23F3N4O2/c1-27-11-12-28(18(13-27)15-5-3-2-4-6-15)20(30)26-17-9-7-16(8-10-17)19(29)25-14-21(22,23)24/h2-10,18H,11-14H2,1H3,(H,25,29)(H,26,30)/t18-/m0/s1. The van der Waals surface area contributed by atoms with Crippen LogP contribution in [-0.2, 0) is 0 Å². The molecule has 1 fully saturated rings. The molecular formula is C21H23F3N4O2. The molecule has 0 bridgehead atoms. The van der Waals surface area contributed by atoms with E-state index in [-0.39, 0.29) is 17.6 Å². The van der Waals surface area contributed by atoms with Gasteiger partial charge in [0.1, 0.15) is 6.54 Å². The zero-order valence-electron chi connectivity index (χ0n) is 16.4. The summed E-state index contributed by atoms with van der Waals surface area (Å²) in [6, 6.07) is 15.1. The number of hydrogen-bond acceptors (Lipinski definition) is 3. The quantitative estimate of drug-likeness (QED) is 0.796. The Morgan fingerprint density at radius 3 is 2.33 bits per heavy atom. The molecule has 0 aliphatic carbocycles. The van der Waals surface area contributed by atoms with Gasteiger partial charge in [-0.1, -0.05) is 30.3 Å². The number of nitrogens with zero attached hydrogens (tertiary/aromatic N) is 2. The molecule has 3 amide bonds. The topological polar surface area (TPSA) is 64.7 Å². The van der Waals surface area contributed by atoms with Crippen LogP contribution in [0.4, 0.5) is 23.7 Å². The Balaban J connectivity index is 1.65. The number of halogens is 3. The molecule has 0 aromatic heterocycles. The molecule has 1 heterocycles. The number of amides is 3. The highest BCUT2D eigenvalue weighted by molar-refractivity contribution is 5.95. The summed E-state index contributed by atoms with van der Waals surface area (Å²) in [6.07, 6.45) is -4.47. The van der Waals surface area contributed by atoms with Gasteiger partial charge in [-0.15, -0.1) is 0 Å². The number of benzene rings is 2. The fourth-order valence-electron chi connectivity index (χ4n) is 3.31. The summed E-state index contributed by atoms with van der Waals surface area (Å²) in [5, 5.41) is 4.62. The molecular weight excluding hydrogens is 397 g/mol. The van der Waals surface area contributed by atoms with Gasteiger partial charge >= 0.3 is 12.2 Å². The van der Waals surface area contributed by atoms with E-state index in [9.17, 15) is 22.8 Å². The van der Waals surface area contributed by atoms with E-state index in [1.54, 1.807) is 4.90 Å². The van der Waals surface area contributed by atoms with Crippen molar-refractivity contribution >= 4 is 17.6 Å². The molecule has 2 aromatic carbocycles. The molecule has 0 saturated carbocycles. The number of likely N-dealkylation sites (N-methyl/N-ethyl adjacent to an activating group) is 1. The molecule has 1 atom stereocenters. The SMILES string of the molecule is CN1CCN(C(=O)Nc2ccc(C(=O)NCC(F)(F)F)cc2)[C@H](c2ccccc2)C1. The Morgan fingerprint density at radius 1 is 1.03 bits per heavy atom. The van der Waals surface area contributed by atoms with Crippen LogP contribution in [0.5, 0.6) is 0 Å². The van der Waals surface area contributed by atoms with Gasteiger partial charge in [-0.05, 0) is 36.9 Å². The molecule has 0 unspecified atom stereocenters. The molecule has 2 aromatic rings. The van der Waals surface area contributed by atoms with Crippen LogP contribution in [0, 0.1) is 0 Å². The number of urea groups is 1. The maximum atomic E-state index is 12.9. The molecule has 6 nitrogen and oxygen atoms in total. The van der Waals surface area contributed by atoms with E-state index in [1.807, 2.05) is 42.7 Å². The zero-order valence-corrected chi connectivity index (χ0v) is 16.4. The van der Waals surface area contributed by atoms with Crippen LogP contribution >= 0.6 is 0 Å². The highest BCUT2D eigenvalue weighted by atomic mass is 19.4. The van der Waals surface area contributed by atoms with Crippen LogP contribution in [0.1, 0.15) is 22.0 Å². The van der Waals surface area contributed by atoms with Gasteiger partial charge < -0.3 is 20.4 Å². The van der Waals surface area contributed by atoms with Gasteiger partial charge in [-0.2, -0.15) is 13.2 Å². The smallest absolute Gasteiger partial charge is 0.343 e. The minimum atomic E-state index is -4.47. The zero-order chi connectivity index (χ0) is 21.7. The summed E-state index contributed by atoms with van der Waals surface area (Å²) in [4.78, 5) is 28.6. The van der Waals surface area contributed by atoms with E-state index < -0.39 is 18.6 Å². The number of carbonyl (C=O) groups is 2. The summed E-state index contributed by atoms with van der Waals surface area (Å²) in [6.45, 7) is 0.610. The van der Waals surface area contributed by atoms with Crippen molar-refractivity contribution < 1.29 is 22.8 Å². The molecule has 1 aliphatic heterocycles. The van der Waals surface area contributed by atoms with E-state index in [4.69, 9.17) is 0 Å². The van der Waals surface area contributed by atoms with Crippen LogP contribution in [-0.4, -0.2) is 61.1 Å². The Bertz CT molecular complexity index is 872. The average Bonchev–Trinajstić information content (AvgIpc) is 2.72. The first-order valence-electron chi connectivity index (χ1n) is 9.49. The summed E-state index contributed by atoms with van der Waals surface area (Å²) in [7, 11) is 2.01. The van der Waals surface area contributed by atoms with Crippen molar-refractivity contribution in [3.8, 4) is 0 Å². The van der Waals surface area contributed by atoms with Crippen LogP contribution in [0.25, 0.3) is 0 Å². The van der Waals surface area contributed by atoms with Crippen molar-refractivity contribution in [3.05, 3.63) is 65.7 Å². The lowest BCUT2D eigenvalue weighted by Gasteiger charge is -2.40. The highest BCUT2D eigenvalue weighted by Crippen LogP contribution is 2.25. The van der Waals surface area contributed by atoms with E-state index in [2.05, 4.69) is 10.2 Å². The molecule has 3 rings (SSSR count). The normalized spacial score (nSPS) is 17.5. The third kappa shape index (κ3) is 5.73. The molecule has 1 aliphatic rings. The third-order valence-electron chi connectivity index (χ3n) is 4.88. The molecule has 30 heavy (non-hydrogen) atoms. The Morgan fingerprint density at radius 2 is 1.70 bits per heavy atom. The number of rotatable bonds is 4. The minimum Gasteiger partial charge on any atom is -0.343 e. The molecule has 2 N–H and O–H groups in total. The maximum Gasteiger partial charge on any atom is 0.405 e.